The molecule has 1 unspecified atom stereocenters. The van der Waals surface area contributed by atoms with E-state index in [1.54, 1.807) is 29.2 Å². The van der Waals surface area contributed by atoms with Gasteiger partial charge in [-0.3, -0.25) is 19.3 Å². The standard InChI is InChI=1S/C23H29N5O3/c1-4-28-15-18(13-26-28)22(30)27-9-6-23(7-10-27)12-19(23)14-25-21(29)20-11-17(5-8-24-3)16(2)31-20/h5,8,11,13,15,19H,3-4,6-7,9-10,12,14H2,1-2H3,(H,25,29)/b8-5-. The van der Waals surface area contributed by atoms with Gasteiger partial charge in [0.25, 0.3) is 11.8 Å². The van der Waals surface area contributed by atoms with Gasteiger partial charge in [0.2, 0.25) is 0 Å². The molecule has 1 atom stereocenters. The highest BCUT2D eigenvalue weighted by atomic mass is 16.3. The lowest BCUT2D eigenvalue weighted by atomic mass is 9.90. The Bertz CT molecular complexity index is 1010. The second kappa shape index (κ2) is 8.53. The number of aryl methyl sites for hydroxylation is 2. The summed E-state index contributed by atoms with van der Waals surface area (Å²) in [6, 6.07) is 1.72. The highest BCUT2D eigenvalue weighted by Gasteiger charge is 2.54. The van der Waals surface area contributed by atoms with Crippen molar-refractivity contribution in [2.45, 2.75) is 39.7 Å². The molecule has 2 aromatic heterocycles. The van der Waals surface area contributed by atoms with Gasteiger partial charge < -0.3 is 14.6 Å². The Morgan fingerprint density at radius 1 is 1.42 bits per heavy atom. The Balaban J connectivity index is 1.26. The van der Waals surface area contributed by atoms with Gasteiger partial charge in [-0.2, -0.15) is 5.10 Å². The van der Waals surface area contributed by atoms with Crippen molar-refractivity contribution in [2.75, 3.05) is 19.6 Å². The number of carbonyl (C=O) groups is 2. The summed E-state index contributed by atoms with van der Waals surface area (Å²) in [5, 5.41) is 7.22. The molecule has 1 N–H and O–H groups in total. The first-order valence-electron chi connectivity index (χ1n) is 10.8. The first kappa shape index (κ1) is 21.1. The maximum Gasteiger partial charge on any atom is 0.287 e. The van der Waals surface area contributed by atoms with E-state index in [1.165, 1.54) is 0 Å². The lowest BCUT2D eigenvalue weighted by Crippen LogP contribution is -2.40. The second-order valence-electron chi connectivity index (χ2n) is 8.47. The van der Waals surface area contributed by atoms with Gasteiger partial charge >= 0.3 is 0 Å². The lowest BCUT2D eigenvalue weighted by molar-refractivity contribution is 0.0668. The predicted octanol–water partition coefficient (Wildman–Crippen LogP) is 3.15. The average molecular weight is 424 g/mol. The fourth-order valence-electron chi connectivity index (χ4n) is 4.53. The normalized spacial score (nSPS) is 19.7. The Morgan fingerprint density at radius 2 is 2.19 bits per heavy atom. The van der Waals surface area contributed by atoms with Crippen LogP contribution in [0.2, 0.25) is 0 Å². The molecule has 1 saturated heterocycles. The molecular weight excluding hydrogens is 394 g/mol. The number of aliphatic imine (C=N–C) groups is 1. The Labute approximate surface area is 182 Å². The van der Waals surface area contributed by atoms with E-state index in [9.17, 15) is 9.59 Å². The molecule has 1 saturated carbocycles. The van der Waals surface area contributed by atoms with Crippen LogP contribution in [0.5, 0.6) is 0 Å². The number of amides is 2. The van der Waals surface area contributed by atoms with Crippen LogP contribution in [0.1, 0.15) is 58.4 Å². The molecule has 31 heavy (non-hydrogen) atoms. The van der Waals surface area contributed by atoms with E-state index in [4.69, 9.17) is 4.42 Å². The molecule has 2 amide bonds. The lowest BCUT2D eigenvalue weighted by Gasteiger charge is -2.32. The Morgan fingerprint density at radius 3 is 2.87 bits per heavy atom. The zero-order chi connectivity index (χ0) is 22.0. The van der Waals surface area contributed by atoms with Gasteiger partial charge in [-0.05, 0) is 63.3 Å². The zero-order valence-electron chi connectivity index (χ0n) is 18.1. The van der Waals surface area contributed by atoms with E-state index >= 15 is 0 Å². The van der Waals surface area contributed by atoms with Crippen molar-refractivity contribution in [3.63, 3.8) is 0 Å². The maximum atomic E-state index is 12.7. The van der Waals surface area contributed by atoms with Crippen LogP contribution in [0.4, 0.5) is 0 Å². The largest absolute Gasteiger partial charge is 0.456 e. The highest BCUT2D eigenvalue weighted by Crippen LogP contribution is 2.59. The fraction of sp³-hybridized carbons (Fsp3) is 0.478. The quantitative estimate of drug-likeness (QED) is 0.693. The molecule has 164 valence electrons. The molecule has 4 rings (SSSR count). The van der Waals surface area contributed by atoms with Crippen molar-refractivity contribution in [3.8, 4) is 0 Å². The Kier molecular flexibility index (Phi) is 5.80. The minimum absolute atomic E-state index is 0.0600. The van der Waals surface area contributed by atoms with Crippen molar-refractivity contribution in [2.24, 2.45) is 16.3 Å². The third-order valence-corrected chi connectivity index (χ3v) is 6.66. The van der Waals surface area contributed by atoms with Gasteiger partial charge in [0.15, 0.2) is 5.76 Å². The monoisotopic (exact) mass is 423 g/mol. The van der Waals surface area contributed by atoms with E-state index in [-0.39, 0.29) is 17.2 Å². The molecule has 0 radical (unpaired) electrons. The molecule has 8 nitrogen and oxygen atoms in total. The minimum Gasteiger partial charge on any atom is -0.456 e. The SMILES string of the molecule is C=N/C=C\c1cc(C(=O)NCC2CC23CCN(C(=O)c2cnn(CC)c2)CC3)oc1C. The topological polar surface area (TPSA) is 92.7 Å². The second-order valence-corrected chi connectivity index (χ2v) is 8.47. The number of piperidine rings is 1. The van der Waals surface area contributed by atoms with Gasteiger partial charge in [-0.25, -0.2) is 0 Å². The van der Waals surface area contributed by atoms with Crippen LogP contribution in [0, 0.1) is 18.3 Å². The highest BCUT2D eigenvalue weighted by molar-refractivity contribution is 5.94. The summed E-state index contributed by atoms with van der Waals surface area (Å²) in [5.41, 5.74) is 1.73. The van der Waals surface area contributed by atoms with Crippen LogP contribution in [0.3, 0.4) is 0 Å². The van der Waals surface area contributed by atoms with Crippen molar-refractivity contribution < 1.29 is 14.0 Å². The van der Waals surface area contributed by atoms with E-state index < -0.39 is 0 Å². The fourth-order valence-corrected chi connectivity index (χ4v) is 4.53. The molecule has 2 fully saturated rings. The third-order valence-electron chi connectivity index (χ3n) is 6.66. The van der Waals surface area contributed by atoms with Crippen LogP contribution in [-0.2, 0) is 6.54 Å². The van der Waals surface area contributed by atoms with Crippen LogP contribution in [-0.4, -0.2) is 52.8 Å². The summed E-state index contributed by atoms with van der Waals surface area (Å²) < 4.78 is 7.35. The maximum absolute atomic E-state index is 12.7. The molecular formula is C23H29N5O3. The van der Waals surface area contributed by atoms with Crippen LogP contribution >= 0.6 is 0 Å². The van der Waals surface area contributed by atoms with Crippen LogP contribution in [0.25, 0.3) is 6.08 Å². The number of hydrogen-bond acceptors (Lipinski definition) is 5. The molecule has 1 aliphatic carbocycles. The van der Waals surface area contributed by atoms with Crippen molar-refractivity contribution in [3.05, 3.63) is 47.3 Å². The van der Waals surface area contributed by atoms with Crippen molar-refractivity contribution >= 4 is 24.6 Å². The molecule has 8 heteroatoms. The molecule has 2 aromatic rings. The van der Waals surface area contributed by atoms with Crippen molar-refractivity contribution in [1.29, 1.82) is 0 Å². The average Bonchev–Trinajstić information content (AvgIpc) is 3.10. The smallest absolute Gasteiger partial charge is 0.287 e. The summed E-state index contributed by atoms with van der Waals surface area (Å²) >= 11 is 0. The van der Waals surface area contributed by atoms with E-state index in [2.05, 4.69) is 22.1 Å². The summed E-state index contributed by atoms with van der Waals surface area (Å²) in [7, 11) is 0. The summed E-state index contributed by atoms with van der Waals surface area (Å²) in [4.78, 5) is 30.8. The Hall–Kier alpha value is -3.16. The van der Waals surface area contributed by atoms with E-state index in [1.807, 2.05) is 24.9 Å². The number of hydrogen-bond donors (Lipinski definition) is 1. The van der Waals surface area contributed by atoms with E-state index in [0.717, 1.165) is 44.5 Å². The predicted molar refractivity (Wildman–Crippen MR) is 118 cm³/mol. The molecule has 1 aliphatic heterocycles. The van der Waals surface area contributed by atoms with Gasteiger partial charge in [-0.1, -0.05) is 0 Å². The van der Waals surface area contributed by atoms with Gasteiger partial charge in [-0.15, -0.1) is 0 Å². The summed E-state index contributed by atoms with van der Waals surface area (Å²) in [5.74, 6) is 1.30. The number of carbonyl (C=O) groups excluding carboxylic acids is 2. The number of rotatable bonds is 7. The third kappa shape index (κ3) is 4.33. The van der Waals surface area contributed by atoms with Crippen molar-refractivity contribution in [1.82, 2.24) is 20.0 Å². The van der Waals surface area contributed by atoms with Gasteiger partial charge in [0.1, 0.15) is 5.76 Å². The molecule has 2 aliphatic rings. The number of aromatic nitrogens is 2. The number of furan rings is 1. The van der Waals surface area contributed by atoms with Crippen LogP contribution in [0.15, 0.2) is 34.1 Å². The minimum atomic E-state index is -0.197. The number of likely N-dealkylation sites (tertiary alicyclic amines) is 1. The summed E-state index contributed by atoms with van der Waals surface area (Å²) in [6.45, 7) is 10.1. The molecule has 3 heterocycles. The molecule has 1 spiro atoms. The first-order valence-corrected chi connectivity index (χ1v) is 10.8. The molecule has 0 bridgehead atoms. The molecule has 0 aromatic carbocycles. The zero-order valence-corrected chi connectivity index (χ0v) is 18.1. The summed E-state index contributed by atoms with van der Waals surface area (Å²) in [6.07, 6.45) is 9.85. The number of nitrogens with zero attached hydrogens (tertiary/aromatic N) is 4. The van der Waals surface area contributed by atoms with E-state index in [0.29, 0.717) is 29.5 Å². The van der Waals surface area contributed by atoms with Gasteiger partial charge in [0.05, 0.1) is 11.8 Å². The number of nitrogens with one attached hydrogen (secondary N) is 1. The van der Waals surface area contributed by atoms with Crippen LogP contribution < -0.4 is 5.32 Å². The first-order chi connectivity index (χ1) is 15.0. The van der Waals surface area contributed by atoms with Gasteiger partial charge in [0, 0.05) is 44.1 Å².